The van der Waals surface area contributed by atoms with E-state index >= 15 is 0 Å². The zero-order valence-corrected chi connectivity index (χ0v) is 11.4. The number of aromatic nitrogens is 2. The summed E-state index contributed by atoms with van der Waals surface area (Å²) in [6, 6.07) is 2.74. The summed E-state index contributed by atoms with van der Waals surface area (Å²) in [6.45, 7) is 4.95. The number of rotatable bonds is 3. The highest BCUT2D eigenvalue weighted by Crippen LogP contribution is 2.29. The largest absolute Gasteiger partial charge is 0.350 e. The number of nitrogens with zero attached hydrogens (tertiary/aromatic N) is 2. The van der Waals surface area contributed by atoms with E-state index in [4.69, 9.17) is 0 Å². The first-order valence-corrected chi connectivity index (χ1v) is 6.51. The Kier molecular flexibility index (Phi) is 3.99. The molecule has 0 aromatic carbocycles. The van der Waals surface area contributed by atoms with Crippen molar-refractivity contribution in [3.8, 4) is 0 Å². The van der Waals surface area contributed by atoms with Gasteiger partial charge >= 0.3 is 0 Å². The molecule has 0 unspecified atom stereocenters. The third-order valence-corrected chi connectivity index (χ3v) is 3.78. The van der Waals surface area contributed by atoms with Gasteiger partial charge in [0.1, 0.15) is 5.69 Å². The number of carbonyl (C=O) groups is 1. The number of hydrogen-bond acceptors (Lipinski definition) is 4. The predicted molar refractivity (Wildman–Crippen MR) is 72.0 cm³/mol. The number of nitrogens with one attached hydrogen (secondary N) is 2. The quantitative estimate of drug-likeness (QED) is 0.819. The fourth-order valence-electron chi connectivity index (χ4n) is 2.19. The van der Waals surface area contributed by atoms with Crippen LogP contribution >= 0.6 is 0 Å². The Bertz CT molecular complexity index is 483. The lowest BCUT2D eigenvalue weighted by molar-refractivity contribution is 0.0886. The molecule has 1 amide bonds. The summed E-state index contributed by atoms with van der Waals surface area (Å²) in [5.41, 5.74) is 0.0830. The molecular weight excluding hydrogens is 244 g/mol. The predicted octanol–water partition coefficient (Wildman–Crippen LogP) is 0.232. The molecule has 0 bridgehead atoms. The first-order chi connectivity index (χ1) is 8.98. The van der Waals surface area contributed by atoms with Crippen molar-refractivity contribution in [1.82, 2.24) is 20.4 Å². The molecular formula is C13H20N4O2. The molecule has 0 radical (unpaired) electrons. The first-order valence-electron chi connectivity index (χ1n) is 6.51. The van der Waals surface area contributed by atoms with Crippen molar-refractivity contribution < 1.29 is 4.79 Å². The lowest BCUT2D eigenvalue weighted by Crippen LogP contribution is -2.43. The summed E-state index contributed by atoms with van der Waals surface area (Å²) in [6.07, 6.45) is 2.14. The van der Waals surface area contributed by atoms with Crippen molar-refractivity contribution in [1.29, 1.82) is 0 Å². The highest BCUT2D eigenvalue weighted by Gasteiger charge is 2.29. The maximum atomic E-state index is 11.9. The highest BCUT2D eigenvalue weighted by molar-refractivity contribution is 5.91. The van der Waals surface area contributed by atoms with E-state index < -0.39 is 0 Å². The van der Waals surface area contributed by atoms with Crippen LogP contribution in [-0.2, 0) is 0 Å². The van der Waals surface area contributed by atoms with Crippen molar-refractivity contribution in [2.45, 2.75) is 19.8 Å². The van der Waals surface area contributed by atoms with E-state index in [0.717, 1.165) is 25.9 Å². The van der Waals surface area contributed by atoms with Crippen molar-refractivity contribution in [2.75, 3.05) is 26.7 Å². The van der Waals surface area contributed by atoms with Gasteiger partial charge in [0.25, 0.3) is 11.5 Å². The number of H-pyrrole nitrogens is 1. The van der Waals surface area contributed by atoms with Gasteiger partial charge in [-0.3, -0.25) is 9.59 Å². The van der Waals surface area contributed by atoms with Gasteiger partial charge in [-0.1, -0.05) is 6.92 Å². The van der Waals surface area contributed by atoms with Crippen LogP contribution in [0.5, 0.6) is 0 Å². The summed E-state index contributed by atoms with van der Waals surface area (Å²) in [5, 5.41) is 8.88. The number of piperidine rings is 1. The number of hydrogen-bond donors (Lipinski definition) is 2. The molecule has 104 valence electrons. The van der Waals surface area contributed by atoms with E-state index in [-0.39, 0.29) is 22.6 Å². The standard InChI is InChI=1S/C13H20N4O2/c1-13(5-7-17(2)8-6-13)9-14-12(19)10-3-4-11(18)16-15-10/h3-4H,5-9H2,1-2H3,(H,14,19)(H,16,18). The molecule has 0 atom stereocenters. The normalized spacial score (nSPS) is 19.1. The third-order valence-electron chi connectivity index (χ3n) is 3.78. The summed E-state index contributed by atoms with van der Waals surface area (Å²) in [7, 11) is 2.11. The van der Waals surface area contributed by atoms with Crippen molar-refractivity contribution in [3.63, 3.8) is 0 Å². The molecule has 1 aliphatic rings. The summed E-state index contributed by atoms with van der Waals surface area (Å²) >= 11 is 0. The lowest BCUT2D eigenvalue weighted by Gasteiger charge is -2.37. The minimum atomic E-state index is -0.307. The smallest absolute Gasteiger partial charge is 0.271 e. The van der Waals surface area contributed by atoms with Gasteiger partial charge in [0, 0.05) is 12.6 Å². The minimum Gasteiger partial charge on any atom is -0.350 e. The fourth-order valence-corrected chi connectivity index (χ4v) is 2.19. The van der Waals surface area contributed by atoms with Gasteiger partial charge in [0.2, 0.25) is 0 Å². The maximum Gasteiger partial charge on any atom is 0.271 e. The van der Waals surface area contributed by atoms with Crippen LogP contribution in [0, 0.1) is 5.41 Å². The second-order valence-corrected chi connectivity index (χ2v) is 5.60. The van der Waals surface area contributed by atoms with E-state index in [1.54, 1.807) is 0 Å². The van der Waals surface area contributed by atoms with Crippen LogP contribution < -0.4 is 10.9 Å². The van der Waals surface area contributed by atoms with Crippen LogP contribution in [0.25, 0.3) is 0 Å². The third kappa shape index (κ3) is 3.64. The van der Waals surface area contributed by atoms with Crippen molar-refractivity contribution in [3.05, 3.63) is 28.2 Å². The topological polar surface area (TPSA) is 78.1 Å². The second kappa shape index (κ2) is 5.52. The van der Waals surface area contributed by atoms with Gasteiger partial charge < -0.3 is 10.2 Å². The average molecular weight is 264 g/mol. The summed E-state index contributed by atoms with van der Waals surface area (Å²) in [5.74, 6) is -0.239. The molecule has 1 aromatic rings. The molecule has 2 N–H and O–H groups in total. The van der Waals surface area contributed by atoms with E-state index in [2.05, 4.69) is 34.4 Å². The van der Waals surface area contributed by atoms with Gasteiger partial charge in [0.15, 0.2) is 0 Å². The average Bonchev–Trinajstić information content (AvgIpc) is 2.41. The zero-order chi connectivity index (χ0) is 13.9. The van der Waals surface area contributed by atoms with E-state index in [1.807, 2.05) is 0 Å². The Hall–Kier alpha value is -1.69. The summed E-state index contributed by atoms with van der Waals surface area (Å²) < 4.78 is 0. The fraction of sp³-hybridized carbons (Fsp3) is 0.615. The Morgan fingerprint density at radius 3 is 2.74 bits per heavy atom. The first kappa shape index (κ1) is 13.7. The van der Waals surface area contributed by atoms with E-state index in [1.165, 1.54) is 12.1 Å². The summed E-state index contributed by atoms with van der Waals surface area (Å²) in [4.78, 5) is 25.1. The zero-order valence-electron chi connectivity index (χ0n) is 11.4. The molecule has 6 heteroatoms. The number of likely N-dealkylation sites (tertiary alicyclic amines) is 1. The Morgan fingerprint density at radius 2 is 2.16 bits per heavy atom. The molecule has 0 aliphatic carbocycles. The molecule has 1 fully saturated rings. The van der Waals surface area contributed by atoms with Crippen LogP contribution in [0.1, 0.15) is 30.3 Å². The SMILES string of the molecule is CN1CCC(C)(CNC(=O)c2ccc(=O)[nH]n2)CC1. The molecule has 2 rings (SSSR count). The molecule has 1 aliphatic heterocycles. The number of amides is 1. The minimum absolute atomic E-state index is 0.143. The van der Waals surface area contributed by atoms with E-state index in [9.17, 15) is 9.59 Å². The molecule has 1 aromatic heterocycles. The lowest BCUT2D eigenvalue weighted by atomic mass is 9.80. The second-order valence-electron chi connectivity index (χ2n) is 5.60. The van der Waals surface area contributed by atoms with Gasteiger partial charge in [-0.25, -0.2) is 5.10 Å². The molecule has 2 heterocycles. The van der Waals surface area contributed by atoms with Crippen LogP contribution in [0.15, 0.2) is 16.9 Å². The Balaban J connectivity index is 1.89. The molecule has 19 heavy (non-hydrogen) atoms. The Labute approximate surface area is 112 Å². The Morgan fingerprint density at radius 1 is 1.47 bits per heavy atom. The number of aromatic amines is 1. The molecule has 6 nitrogen and oxygen atoms in total. The van der Waals surface area contributed by atoms with Gasteiger partial charge in [-0.15, -0.1) is 0 Å². The van der Waals surface area contributed by atoms with Gasteiger partial charge in [0.05, 0.1) is 0 Å². The molecule has 0 saturated carbocycles. The van der Waals surface area contributed by atoms with Crippen LogP contribution in [-0.4, -0.2) is 47.7 Å². The highest BCUT2D eigenvalue weighted by atomic mass is 16.2. The van der Waals surface area contributed by atoms with Crippen molar-refractivity contribution >= 4 is 5.91 Å². The molecule has 1 saturated heterocycles. The van der Waals surface area contributed by atoms with Crippen molar-refractivity contribution in [2.24, 2.45) is 5.41 Å². The van der Waals surface area contributed by atoms with Crippen LogP contribution in [0.2, 0.25) is 0 Å². The van der Waals surface area contributed by atoms with Crippen LogP contribution in [0.3, 0.4) is 0 Å². The number of carbonyl (C=O) groups excluding carboxylic acids is 1. The van der Waals surface area contributed by atoms with Crippen LogP contribution in [0.4, 0.5) is 0 Å². The maximum absolute atomic E-state index is 11.9. The van der Waals surface area contributed by atoms with Gasteiger partial charge in [-0.2, -0.15) is 5.10 Å². The monoisotopic (exact) mass is 264 g/mol. The molecule has 0 spiro atoms. The van der Waals surface area contributed by atoms with Gasteiger partial charge in [-0.05, 0) is 44.5 Å². The van der Waals surface area contributed by atoms with E-state index in [0.29, 0.717) is 6.54 Å².